The number of H-pyrrole nitrogens is 1. The standard InChI is InChI=1S/C28H30N10O/c1-18-15-31-22-9-8-19(17-38(18)22)24-25(21-6-4-10-30-21)35-27(29)26(34-24)28(39)32-16-20-5-3-7-23(33-20)37-13-11-36(2)12-14-37/h3-10,15,17,30H,11-14,16H2,1-2H3,(H2,29,35)(H,32,39). The van der Waals surface area contributed by atoms with Crippen molar-refractivity contribution in [3.05, 3.63) is 78.1 Å². The topological polar surface area (TPSA) is 133 Å². The fraction of sp³-hybridized carbons (Fsp3) is 0.250. The lowest BCUT2D eigenvalue weighted by Gasteiger charge is -2.33. The number of nitrogens with two attached hydrogens (primary N) is 1. The number of piperazine rings is 1. The van der Waals surface area contributed by atoms with E-state index in [1.807, 2.05) is 72.4 Å². The van der Waals surface area contributed by atoms with Crippen molar-refractivity contribution in [1.82, 2.24) is 39.5 Å². The second kappa shape index (κ2) is 10.2. The summed E-state index contributed by atoms with van der Waals surface area (Å²) < 4.78 is 1.98. The summed E-state index contributed by atoms with van der Waals surface area (Å²) in [5.74, 6) is 0.558. The van der Waals surface area contributed by atoms with Crippen molar-refractivity contribution < 1.29 is 4.79 Å². The molecule has 0 radical (unpaired) electrons. The Labute approximate surface area is 225 Å². The second-order valence-corrected chi connectivity index (χ2v) is 9.74. The SMILES string of the molecule is Cc1cnc2ccc(-c3nc(C(=O)NCc4cccc(N5CCN(C)CC5)n4)c(N)nc3-c3ccc[nH]3)cn12. The molecule has 1 amide bonds. The zero-order valence-corrected chi connectivity index (χ0v) is 21.9. The maximum atomic E-state index is 13.3. The lowest BCUT2D eigenvalue weighted by molar-refractivity contribution is 0.0946. The molecule has 1 aliphatic rings. The number of aromatic nitrogens is 6. The van der Waals surface area contributed by atoms with Crippen LogP contribution >= 0.6 is 0 Å². The summed E-state index contributed by atoms with van der Waals surface area (Å²) >= 11 is 0. The highest BCUT2D eigenvalue weighted by molar-refractivity contribution is 5.97. The van der Waals surface area contributed by atoms with Gasteiger partial charge in [-0.3, -0.25) is 4.79 Å². The van der Waals surface area contributed by atoms with Crippen molar-refractivity contribution in [3.8, 4) is 22.6 Å². The molecular formula is C28H30N10O. The van der Waals surface area contributed by atoms with E-state index in [0.29, 0.717) is 11.4 Å². The van der Waals surface area contributed by atoms with Crippen molar-refractivity contribution in [2.45, 2.75) is 13.5 Å². The quantitative estimate of drug-likeness (QED) is 0.310. The first kappa shape index (κ1) is 24.6. The zero-order chi connectivity index (χ0) is 26.9. The number of imidazole rings is 1. The van der Waals surface area contributed by atoms with Gasteiger partial charge in [0.2, 0.25) is 0 Å². The highest BCUT2D eigenvalue weighted by Crippen LogP contribution is 2.30. The van der Waals surface area contributed by atoms with E-state index in [1.54, 1.807) is 0 Å². The second-order valence-electron chi connectivity index (χ2n) is 9.74. The van der Waals surface area contributed by atoms with Gasteiger partial charge in [0.15, 0.2) is 11.5 Å². The van der Waals surface area contributed by atoms with E-state index in [2.05, 4.69) is 37.1 Å². The molecule has 0 aromatic carbocycles. The molecule has 0 unspecified atom stereocenters. The Bertz CT molecular complexity index is 1630. The normalized spacial score (nSPS) is 14.2. The molecule has 1 fully saturated rings. The van der Waals surface area contributed by atoms with Crippen LogP contribution in [0.15, 0.2) is 61.1 Å². The Morgan fingerprint density at radius 1 is 1.03 bits per heavy atom. The minimum Gasteiger partial charge on any atom is -0.382 e. The molecule has 6 heterocycles. The van der Waals surface area contributed by atoms with Crippen LogP contribution in [0.5, 0.6) is 0 Å². The number of nitrogens with one attached hydrogen (secondary N) is 2. The summed E-state index contributed by atoms with van der Waals surface area (Å²) in [6, 6.07) is 13.5. The molecule has 1 saturated heterocycles. The van der Waals surface area contributed by atoms with Crippen molar-refractivity contribution in [1.29, 1.82) is 0 Å². The van der Waals surface area contributed by atoms with Crippen LogP contribution in [0.1, 0.15) is 21.9 Å². The van der Waals surface area contributed by atoms with Gasteiger partial charge in [0.05, 0.1) is 17.9 Å². The lowest BCUT2D eigenvalue weighted by Crippen LogP contribution is -2.44. The van der Waals surface area contributed by atoms with Crippen molar-refractivity contribution in [2.75, 3.05) is 43.9 Å². The van der Waals surface area contributed by atoms with E-state index in [0.717, 1.165) is 60.3 Å². The summed E-state index contributed by atoms with van der Waals surface area (Å²) in [4.78, 5) is 39.6. The number of nitrogens with zero attached hydrogens (tertiary/aromatic N) is 7. The van der Waals surface area contributed by atoms with Gasteiger partial charge in [-0.15, -0.1) is 0 Å². The maximum Gasteiger partial charge on any atom is 0.274 e. The minimum absolute atomic E-state index is 0.0554. The van der Waals surface area contributed by atoms with Gasteiger partial charge in [-0.05, 0) is 50.4 Å². The molecule has 4 N–H and O–H groups in total. The predicted octanol–water partition coefficient (Wildman–Crippen LogP) is 2.75. The zero-order valence-electron chi connectivity index (χ0n) is 21.9. The molecule has 5 aromatic rings. The minimum atomic E-state index is -0.411. The van der Waals surface area contributed by atoms with E-state index in [4.69, 9.17) is 15.7 Å². The van der Waals surface area contributed by atoms with Crippen molar-refractivity contribution in [3.63, 3.8) is 0 Å². The maximum absolute atomic E-state index is 13.3. The van der Waals surface area contributed by atoms with Crippen LogP contribution in [0.3, 0.4) is 0 Å². The first-order chi connectivity index (χ1) is 19.0. The van der Waals surface area contributed by atoms with E-state index in [1.165, 1.54) is 0 Å². The molecule has 39 heavy (non-hydrogen) atoms. The highest BCUT2D eigenvalue weighted by Gasteiger charge is 2.21. The van der Waals surface area contributed by atoms with Gasteiger partial charge in [0.25, 0.3) is 5.91 Å². The number of aryl methyl sites for hydroxylation is 1. The van der Waals surface area contributed by atoms with Crippen molar-refractivity contribution in [2.24, 2.45) is 0 Å². The number of amides is 1. The number of fused-ring (bicyclic) bond motifs is 1. The number of carbonyl (C=O) groups excluding carboxylic acids is 1. The van der Waals surface area contributed by atoms with Crippen LogP contribution in [-0.2, 0) is 6.54 Å². The van der Waals surface area contributed by atoms with Gasteiger partial charge >= 0.3 is 0 Å². The first-order valence-electron chi connectivity index (χ1n) is 12.9. The Hall–Kier alpha value is -4.77. The highest BCUT2D eigenvalue weighted by atomic mass is 16.1. The van der Waals surface area contributed by atoms with Gasteiger partial charge in [0.1, 0.15) is 22.9 Å². The van der Waals surface area contributed by atoms with E-state index in [9.17, 15) is 4.79 Å². The van der Waals surface area contributed by atoms with Gasteiger partial charge in [-0.1, -0.05) is 6.07 Å². The third-order valence-electron chi connectivity index (χ3n) is 7.00. The number of rotatable bonds is 6. The molecule has 0 aliphatic carbocycles. The van der Waals surface area contributed by atoms with Crippen LogP contribution in [0.4, 0.5) is 11.6 Å². The fourth-order valence-corrected chi connectivity index (χ4v) is 4.76. The van der Waals surface area contributed by atoms with Gasteiger partial charge in [-0.2, -0.15) is 0 Å². The largest absolute Gasteiger partial charge is 0.382 e. The van der Waals surface area contributed by atoms with Gasteiger partial charge in [-0.25, -0.2) is 19.9 Å². The number of likely N-dealkylation sites (N-methyl/N-ethyl adjacent to an activating group) is 1. The Morgan fingerprint density at radius 3 is 2.67 bits per heavy atom. The third-order valence-corrected chi connectivity index (χ3v) is 7.00. The van der Waals surface area contributed by atoms with E-state index < -0.39 is 5.91 Å². The number of aromatic amines is 1. The van der Waals surface area contributed by atoms with Crippen LogP contribution in [-0.4, -0.2) is 73.4 Å². The number of hydrogen-bond acceptors (Lipinski definition) is 8. The van der Waals surface area contributed by atoms with Gasteiger partial charge in [0, 0.05) is 56.0 Å². The number of anilines is 2. The molecule has 11 nitrogen and oxygen atoms in total. The molecule has 0 atom stereocenters. The van der Waals surface area contributed by atoms with Crippen molar-refractivity contribution >= 4 is 23.2 Å². The van der Waals surface area contributed by atoms with Crippen LogP contribution in [0, 0.1) is 6.92 Å². The Balaban J connectivity index is 1.28. The van der Waals surface area contributed by atoms with E-state index in [-0.39, 0.29) is 18.1 Å². The third kappa shape index (κ3) is 4.91. The summed E-state index contributed by atoms with van der Waals surface area (Å²) in [6.45, 7) is 6.06. The average Bonchev–Trinajstić information content (AvgIpc) is 3.62. The number of hydrogen-bond donors (Lipinski definition) is 3. The number of nitrogen functional groups attached to an aromatic ring is 1. The first-order valence-corrected chi connectivity index (χ1v) is 12.9. The Kier molecular flexibility index (Phi) is 6.41. The predicted molar refractivity (Wildman–Crippen MR) is 150 cm³/mol. The molecule has 11 heteroatoms. The van der Waals surface area contributed by atoms with Crippen LogP contribution in [0.2, 0.25) is 0 Å². The van der Waals surface area contributed by atoms with Crippen LogP contribution < -0.4 is 16.0 Å². The fourth-order valence-electron chi connectivity index (χ4n) is 4.76. The Morgan fingerprint density at radius 2 is 1.87 bits per heavy atom. The number of carbonyl (C=O) groups is 1. The molecule has 1 aliphatic heterocycles. The molecule has 0 bridgehead atoms. The summed E-state index contributed by atoms with van der Waals surface area (Å²) in [7, 11) is 2.12. The van der Waals surface area contributed by atoms with Crippen LogP contribution in [0.25, 0.3) is 28.3 Å². The molecule has 0 saturated carbocycles. The average molecular weight is 523 g/mol. The smallest absolute Gasteiger partial charge is 0.274 e. The van der Waals surface area contributed by atoms with Gasteiger partial charge < -0.3 is 30.2 Å². The number of pyridine rings is 2. The summed E-state index contributed by atoms with van der Waals surface area (Å²) in [5.41, 5.74) is 11.6. The molecular weight excluding hydrogens is 492 g/mol. The molecule has 6 rings (SSSR count). The molecule has 0 spiro atoms. The lowest BCUT2D eigenvalue weighted by atomic mass is 10.1. The summed E-state index contributed by atoms with van der Waals surface area (Å²) in [6.07, 6.45) is 5.56. The van der Waals surface area contributed by atoms with E-state index >= 15 is 0 Å². The molecule has 5 aromatic heterocycles. The monoisotopic (exact) mass is 522 g/mol. The summed E-state index contributed by atoms with van der Waals surface area (Å²) in [5, 5.41) is 2.93. The molecule has 198 valence electrons.